The molecule has 0 spiro atoms. The lowest BCUT2D eigenvalue weighted by atomic mass is 9.93. The number of aryl methyl sites for hydroxylation is 1. The van der Waals surface area contributed by atoms with Gasteiger partial charge in [0.1, 0.15) is 5.82 Å². The molecule has 0 atom stereocenters. The Morgan fingerprint density at radius 1 is 1.14 bits per heavy atom. The normalized spacial score (nSPS) is 18.0. The van der Waals surface area contributed by atoms with Crippen molar-refractivity contribution in [1.82, 2.24) is 19.8 Å². The van der Waals surface area contributed by atoms with Crippen molar-refractivity contribution in [3.05, 3.63) is 51.4 Å². The summed E-state index contributed by atoms with van der Waals surface area (Å²) < 4.78 is 0. The first-order valence-corrected chi connectivity index (χ1v) is 10.7. The molecule has 2 aromatic rings. The molecule has 0 amide bonds. The van der Waals surface area contributed by atoms with Gasteiger partial charge in [-0.2, -0.15) is 0 Å². The van der Waals surface area contributed by atoms with Crippen LogP contribution in [0.4, 0.5) is 0 Å². The first kappa shape index (κ1) is 19.3. The van der Waals surface area contributed by atoms with Crippen molar-refractivity contribution in [3.63, 3.8) is 0 Å². The highest BCUT2D eigenvalue weighted by molar-refractivity contribution is 5.55. The van der Waals surface area contributed by atoms with Crippen LogP contribution in [-0.4, -0.2) is 53.5 Å². The molecule has 0 unspecified atom stereocenters. The quantitative estimate of drug-likeness (QED) is 0.837. The number of H-pyrrole nitrogens is 1. The van der Waals surface area contributed by atoms with Crippen molar-refractivity contribution in [2.75, 3.05) is 33.7 Å². The molecule has 1 fully saturated rings. The van der Waals surface area contributed by atoms with E-state index in [0.29, 0.717) is 5.82 Å². The van der Waals surface area contributed by atoms with Crippen LogP contribution in [0.5, 0.6) is 0 Å². The molecular formula is C23H32N4O. The van der Waals surface area contributed by atoms with Crippen molar-refractivity contribution in [2.24, 2.45) is 5.92 Å². The van der Waals surface area contributed by atoms with Gasteiger partial charge in [-0.3, -0.25) is 9.69 Å². The highest BCUT2D eigenvalue weighted by Crippen LogP contribution is 2.24. The Morgan fingerprint density at radius 3 is 2.61 bits per heavy atom. The fourth-order valence-electron chi connectivity index (χ4n) is 4.48. The predicted molar refractivity (Wildman–Crippen MR) is 113 cm³/mol. The zero-order valence-corrected chi connectivity index (χ0v) is 17.2. The Morgan fingerprint density at radius 2 is 1.89 bits per heavy atom. The van der Waals surface area contributed by atoms with E-state index in [0.717, 1.165) is 48.5 Å². The molecule has 2 heterocycles. The molecular weight excluding hydrogens is 348 g/mol. The SMILES string of the molecule is CN(C)CCC1CCN(Cc2ccc(-c3nc4c(c(=O)[nH]3)CCC4)cc2)CC1. The molecule has 1 aromatic carbocycles. The number of piperidine rings is 1. The first-order valence-electron chi connectivity index (χ1n) is 10.7. The molecule has 1 saturated heterocycles. The van der Waals surface area contributed by atoms with E-state index in [4.69, 9.17) is 4.98 Å². The highest BCUT2D eigenvalue weighted by Gasteiger charge is 2.20. The number of nitrogens with one attached hydrogen (secondary N) is 1. The minimum absolute atomic E-state index is 0.0405. The summed E-state index contributed by atoms with van der Waals surface area (Å²) in [5, 5.41) is 0. The Labute approximate surface area is 167 Å². The molecule has 0 bridgehead atoms. The largest absolute Gasteiger partial charge is 0.309 e. The van der Waals surface area contributed by atoms with Gasteiger partial charge in [0.2, 0.25) is 0 Å². The summed E-state index contributed by atoms with van der Waals surface area (Å²) in [5.41, 5.74) is 4.24. The Bertz CT molecular complexity index is 848. The van der Waals surface area contributed by atoms with Gasteiger partial charge in [-0.25, -0.2) is 4.98 Å². The van der Waals surface area contributed by atoms with Crippen LogP contribution in [0.25, 0.3) is 11.4 Å². The van der Waals surface area contributed by atoms with E-state index in [1.54, 1.807) is 0 Å². The summed E-state index contributed by atoms with van der Waals surface area (Å²) >= 11 is 0. The lowest BCUT2D eigenvalue weighted by Crippen LogP contribution is -2.34. The summed E-state index contributed by atoms with van der Waals surface area (Å²) in [7, 11) is 4.32. The molecule has 5 heteroatoms. The lowest BCUT2D eigenvalue weighted by Gasteiger charge is -2.32. The second-order valence-electron chi connectivity index (χ2n) is 8.70. The van der Waals surface area contributed by atoms with Gasteiger partial charge in [-0.1, -0.05) is 24.3 Å². The number of fused-ring (bicyclic) bond motifs is 1. The van der Waals surface area contributed by atoms with E-state index in [-0.39, 0.29) is 5.56 Å². The van der Waals surface area contributed by atoms with Crippen LogP contribution in [0.15, 0.2) is 29.1 Å². The van der Waals surface area contributed by atoms with E-state index in [1.165, 1.54) is 44.5 Å². The van der Waals surface area contributed by atoms with Gasteiger partial charge in [-0.05, 0) is 83.7 Å². The lowest BCUT2D eigenvalue weighted by molar-refractivity contribution is 0.166. The number of likely N-dealkylation sites (tertiary alicyclic amines) is 1. The number of rotatable bonds is 6. The molecule has 1 aliphatic heterocycles. The molecule has 5 nitrogen and oxygen atoms in total. The van der Waals surface area contributed by atoms with Crippen LogP contribution in [0.3, 0.4) is 0 Å². The number of benzene rings is 1. The average molecular weight is 381 g/mol. The van der Waals surface area contributed by atoms with Gasteiger partial charge in [0.05, 0.1) is 5.69 Å². The first-order chi connectivity index (χ1) is 13.6. The second-order valence-corrected chi connectivity index (χ2v) is 8.70. The van der Waals surface area contributed by atoms with E-state index < -0.39 is 0 Å². The van der Waals surface area contributed by atoms with Gasteiger partial charge in [-0.15, -0.1) is 0 Å². The van der Waals surface area contributed by atoms with Gasteiger partial charge >= 0.3 is 0 Å². The minimum Gasteiger partial charge on any atom is -0.309 e. The van der Waals surface area contributed by atoms with Crippen molar-refractivity contribution in [3.8, 4) is 11.4 Å². The molecule has 4 rings (SSSR count). The maximum Gasteiger partial charge on any atom is 0.254 e. The third-order valence-corrected chi connectivity index (χ3v) is 6.27. The maximum atomic E-state index is 12.2. The summed E-state index contributed by atoms with van der Waals surface area (Å²) in [6.45, 7) is 4.60. The summed E-state index contributed by atoms with van der Waals surface area (Å²) in [6, 6.07) is 8.55. The molecule has 1 aliphatic carbocycles. The van der Waals surface area contributed by atoms with Crippen LogP contribution < -0.4 is 5.56 Å². The summed E-state index contributed by atoms with van der Waals surface area (Å²) in [6.07, 6.45) is 6.77. The summed E-state index contributed by atoms with van der Waals surface area (Å²) in [5.74, 6) is 1.59. The molecule has 0 saturated carbocycles. The Kier molecular flexibility index (Phi) is 5.93. The Hall–Kier alpha value is -1.98. The topological polar surface area (TPSA) is 52.2 Å². The van der Waals surface area contributed by atoms with E-state index >= 15 is 0 Å². The number of aromatic amines is 1. The van der Waals surface area contributed by atoms with Crippen LogP contribution in [-0.2, 0) is 19.4 Å². The fraction of sp³-hybridized carbons (Fsp3) is 0.565. The van der Waals surface area contributed by atoms with Crippen molar-refractivity contribution < 1.29 is 0 Å². The van der Waals surface area contributed by atoms with Gasteiger partial charge in [0, 0.05) is 17.7 Å². The number of nitrogens with zero attached hydrogens (tertiary/aromatic N) is 3. The monoisotopic (exact) mass is 380 g/mol. The highest BCUT2D eigenvalue weighted by atomic mass is 16.1. The molecule has 150 valence electrons. The van der Waals surface area contributed by atoms with Crippen molar-refractivity contribution in [1.29, 1.82) is 0 Å². The summed E-state index contributed by atoms with van der Waals surface area (Å²) in [4.78, 5) is 24.8. The van der Waals surface area contributed by atoms with Crippen LogP contribution in [0, 0.1) is 5.92 Å². The van der Waals surface area contributed by atoms with Gasteiger partial charge in [0.15, 0.2) is 0 Å². The standard InChI is InChI=1S/C23H32N4O/c1-26(2)13-10-17-11-14-27(15-12-17)16-18-6-8-19(9-7-18)22-24-21-5-3-4-20(21)23(28)25-22/h6-9,17H,3-5,10-16H2,1-2H3,(H,24,25,28). The third kappa shape index (κ3) is 4.53. The Balaban J connectivity index is 1.35. The third-order valence-electron chi connectivity index (χ3n) is 6.27. The predicted octanol–water partition coefficient (Wildman–Crippen LogP) is 3.09. The van der Waals surface area contributed by atoms with Crippen LogP contribution in [0.2, 0.25) is 0 Å². The van der Waals surface area contributed by atoms with E-state index in [9.17, 15) is 4.79 Å². The molecule has 1 aromatic heterocycles. The van der Waals surface area contributed by atoms with Crippen LogP contribution >= 0.6 is 0 Å². The number of aromatic nitrogens is 2. The average Bonchev–Trinajstić information content (AvgIpc) is 3.17. The van der Waals surface area contributed by atoms with E-state index in [1.807, 2.05) is 0 Å². The van der Waals surface area contributed by atoms with Gasteiger partial charge in [0.25, 0.3) is 5.56 Å². The minimum atomic E-state index is 0.0405. The van der Waals surface area contributed by atoms with Gasteiger partial charge < -0.3 is 9.88 Å². The van der Waals surface area contributed by atoms with Crippen molar-refractivity contribution in [2.45, 2.75) is 45.1 Å². The van der Waals surface area contributed by atoms with E-state index in [2.05, 4.69) is 53.1 Å². The molecule has 0 radical (unpaired) electrons. The van der Waals surface area contributed by atoms with Crippen LogP contribution in [0.1, 0.15) is 42.5 Å². The number of hydrogen-bond acceptors (Lipinski definition) is 4. The molecule has 1 N–H and O–H groups in total. The second kappa shape index (κ2) is 8.58. The fourth-order valence-corrected chi connectivity index (χ4v) is 4.48. The zero-order chi connectivity index (χ0) is 19.5. The van der Waals surface area contributed by atoms with Crippen molar-refractivity contribution >= 4 is 0 Å². The smallest absolute Gasteiger partial charge is 0.254 e. The molecule has 2 aliphatic rings. The maximum absolute atomic E-state index is 12.2. The number of hydrogen-bond donors (Lipinski definition) is 1. The zero-order valence-electron chi connectivity index (χ0n) is 17.2. The molecule has 28 heavy (non-hydrogen) atoms.